The molecular weight excluding hydrogens is 511 g/mol. The maximum absolute atomic E-state index is 12.7. The first kappa shape index (κ1) is 21.4. The molecule has 2 heterocycles. The molecule has 0 unspecified atom stereocenters. The van der Waals surface area contributed by atoms with E-state index in [-0.39, 0.29) is 27.3 Å². The third-order valence-electron chi connectivity index (χ3n) is 7.47. The van der Waals surface area contributed by atoms with Gasteiger partial charge in [-0.2, -0.15) is 0 Å². The molecule has 7 atom stereocenters. The summed E-state index contributed by atoms with van der Waals surface area (Å²) >= 11 is 2.60. The van der Waals surface area contributed by atoms with Gasteiger partial charge in [0, 0.05) is 5.92 Å². The Bertz CT molecular complexity index is 814. The van der Waals surface area contributed by atoms with Crippen LogP contribution in [0.25, 0.3) is 0 Å². The van der Waals surface area contributed by atoms with Gasteiger partial charge < -0.3 is 18.6 Å². The van der Waals surface area contributed by atoms with Crippen LogP contribution in [0.2, 0.25) is 19.6 Å². The van der Waals surface area contributed by atoms with E-state index in [1.54, 1.807) is 0 Å². The summed E-state index contributed by atoms with van der Waals surface area (Å²) in [6.07, 6.45) is 1.21. The molecule has 1 aromatic carbocycles. The van der Waals surface area contributed by atoms with E-state index < -0.39 is 13.9 Å². The summed E-state index contributed by atoms with van der Waals surface area (Å²) in [5, 5.41) is 0. The average Bonchev–Trinajstić information content (AvgIpc) is 2.66. The number of alkyl halides is 1. The summed E-state index contributed by atoms with van der Waals surface area (Å²) in [4.78, 5) is 12.7. The lowest BCUT2D eigenvalue weighted by molar-refractivity contribution is -0.281. The van der Waals surface area contributed by atoms with Crippen molar-refractivity contribution in [3.8, 4) is 0 Å². The van der Waals surface area contributed by atoms with E-state index in [9.17, 15) is 4.79 Å². The van der Waals surface area contributed by atoms with Crippen LogP contribution in [-0.2, 0) is 30.0 Å². The maximum Gasteiger partial charge on any atom is 0.309 e. The Morgan fingerprint density at radius 2 is 2.00 bits per heavy atom. The number of benzene rings is 1. The molecule has 1 aromatic rings. The van der Waals surface area contributed by atoms with Gasteiger partial charge in [-0.1, -0.05) is 52.9 Å². The van der Waals surface area contributed by atoms with Crippen LogP contribution in [0.4, 0.5) is 0 Å². The first-order valence-electron chi connectivity index (χ1n) is 11.0. The number of hydrogen-bond donors (Lipinski definition) is 0. The molecule has 2 aliphatic heterocycles. The molecular formula is C23H31IO5Si. The van der Waals surface area contributed by atoms with Crippen molar-refractivity contribution in [3.63, 3.8) is 0 Å². The SMILES string of the molecule is C[Si](C)(C)O[C@]12CC(=O)O[C@H]3C[C@H]4[C@H](COC[C@]41I)[C@@H](COCc1ccccc1)[C@@H]32. The number of carbonyl (C=O) groups is 1. The Kier molecular flexibility index (Phi) is 5.37. The molecule has 7 heteroatoms. The normalized spacial score (nSPS) is 42.1. The van der Waals surface area contributed by atoms with Gasteiger partial charge in [0.1, 0.15) is 6.10 Å². The first-order chi connectivity index (χ1) is 14.2. The smallest absolute Gasteiger partial charge is 0.309 e. The molecule has 6 bridgehead atoms. The van der Waals surface area contributed by atoms with Crippen LogP contribution in [0.15, 0.2) is 30.3 Å². The zero-order valence-corrected chi connectivity index (χ0v) is 21.1. The standard InChI is InChI=1S/C23H31IO5Si/c1-30(2,3)29-23-10-20(25)28-19-9-18-16(12-27-14-22(18,23)24)17(21(19)23)13-26-11-15-7-5-4-6-8-15/h4-8,16-19,21H,9-14H2,1-3H3/t16-,17-,18+,19+,21+,22+,23+/m1/s1. The predicted molar refractivity (Wildman–Crippen MR) is 124 cm³/mol. The second-order valence-electron chi connectivity index (χ2n) is 10.4. The number of ether oxygens (including phenoxy) is 3. The highest BCUT2D eigenvalue weighted by atomic mass is 127. The van der Waals surface area contributed by atoms with Crippen molar-refractivity contribution in [1.29, 1.82) is 0 Å². The van der Waals surface area contributed by atoms with Crippen LogP contribution in [0.3, 0.4) is 0 Å². The van der Waals surface area contributed by atoms with E-state index in [1.807, 2.05) is 18.2 Å². The Morgan fingerprint density at radius 1 is 1.23 bits per heavy atom. The number of carbonyl (C=O) groups excluding carboxylic acids is 1. The van der Waals surface area contributed by atoms with Gasteiger partial charge in [-0.05, 0) is 49.4 Å². The molecule has 5 nitrogen and oxygen atoms in total. The third kappa shape index (κ3) is 3.30. The van der Waals surface area contributed by atoms with Crippen molar-refractivity contribution >= 4 is 36.9 Å². The highest BCUT2D eigenvalue weighted by Crippen LogP contribution is 2.68. The van der Waals surface area contributed by atoms with Crippen molar-refractivity contribution < 1.29 is 23.4 Å². The van der Waals surface area contributed by atoms with Gasteiger partial charge in [-0.3, -0.25) is 4.79 Å². The number of halogens is 1. The molecule has 5 fully saturated rings. The van der Waals surface area contributed by atoms with E-state index in [0.29, 0.717) is 38.1 Å². The second kappa shape index (κ2) is 7.54. The summed E-state index contributed by atoms with van der Waals surface area (Å²) in [6.45, 7) is 9.36. The lowest BCUT2D eigenvalue weighted by Crippen LogP contribution is -2.81. The molecule has 0 aromatic heterocycles. The van der Waals surface area contributed by atoms with Gasteiger partial charge in [0.15, 0.2) is 8.32 Å². The first-order valence-corrected chi connectivity index (χ1v) is 15.5. The van der Waals surface area contributed by atoms with Gasteiger partial charge in [0.25, 0.3) is 0 Å². The molecule has 2 saturated heterocycles. The Labute approximate surface area is 193 Å². The zero-order valence-electron chi connectivity index (χ0n) is 17.9. The Balaban J connectivity index is 1.48. The molecule has 0 amide bonds. The highest BCUT2D eigenvalue weighted by Gasteiger charge is 2.76. The topological polar surface area (TPSA) is 54.0 Å². The fourth-order valence-corrected chi connectivity index (χ4v) is 9.94. The minimum atomic E-state index is -1.93. The van der Waals surface area contributed by atoms with Crippen LogP contribution >= 0.6 is 22.6 Å². The molecule has 5 aliphatic rings. The van der Waals surface area contributed by atoms with Gasteiger partial charge in [-0.25, -0.2) is 0 Å². The van der Waals surface area contributed by atoms with Gasteiger partial charge >= 0.3 is 5.97 Å². The number of hydrogen-bond acceptors (Lipinski definition) is 5. The van der Waals surface area contributed by atoms with E-state index in [0.717, 1.165) is 13.0 Å². The summed E-state index contributed by atoms with van der Waals surface area (Å²) in [5.41, 5.74) is 0.667. The predicted octanol–water partition coefficient (Wildman–Crippen LogP) is 4.20. The van der Waals surface area contributed by atoms with Gasteiger partial charge in [-0.15, -0.1) is 0 Å². The molecule has 0 radical (unpaired) electrons. The van der Waals surface area contributed by atoms with Gasteiger partial charge in [0.05, 0.1) is 41.9 Å². The minimum absolute atomic E-state index is 0.0600. The zero-order chi connectivity index (χ0) is 21.1. The lowest BCUT2D eigenvalue weighted by Gasteiger charge is -2.72. The fraction of sp³-hybridized carbons (Fsp3) is 0.696. The van der Waals surface area contributed by atoms with Crippen LogP contribution in [-0.4, -0.2) is 49.2 Å². The fourth-order valence-electron chi connectivity index (χ4n) is 6.65. The van der Waals surface area contributed by atoms with Crippen molar-refractivity contribution in [2.75, 3.05) is 19.8 Å². The summed E-state index contributed by atoms with van der Waals surface area (Å²) in [7, 11) is -1.93. The Morgan fingerprint density at radius 3 is 2.73 bits per heavy atom. The quantitative estimate of drug-likeness (QED) is 0.234. The van der Waals surface area contributed by atoms with Crippen molar-refractivity contribution in [1.82, 2.24) is 0 Å². The van der Waals surface area contributed by atoms with E-state index in [2.05, 4.69) is 54.4 Å². The third-order valence-corrected chi connectivity index (χ3v) is 10.5. The maximum atomic E-state index is 12.7. The second-order valence-corrected chi connectivity index (χ2v) is 16.7. The van der Waals surface area contributed by atoms with Crippen molar-refractivity contribution in [2.24, 2.45) is 23.7 Å². The molecule has 6 rings (SSSR count). The summed E-state index contributed by atoms with van der Waals surface area (Å²) < 4.78 is 25.2. The number of rotatable bonds is 6. The summed E-state index contributed by atoms with van der Waals surface area (Å²) in [5.74, 6) is 1.20. The molecule has 3 aliphatic carbocycles. The molecule has 30 heavy (non-hydrogen) atoms. The van der Waals surface area contributed by atoms with Crippen LogP contribution < -0.4 is 0 Å². The van der Waals surface area contributed by atoms with E-state index >= 15 is 0 Å². The van der Waals surface area contributed by atoms with Gasteiger partial charge in [0.2, 0.25) is 0 Å². The van der Waals surface area contributed by atoms with Crippen LogP contribution in [0, 0.1) is 23.7 Å². The van der Waals surface area contributed by atoms with E-state index in [1.165, 1.54) is 5.56 Å². The molecule has 164 valence electrons. The molecule has 3 saturated carbocycles. The minimum Gasteiger partial charge on any atom is -0.462 e. The summed E-state index contributed by atoms with van der Waals surface area (Å²) in [6, 6.07) is 10.3. The lowest BCUT2D eigenvalue weighted by atomic mass is 9.45. The van der Waals surface area contributed by atoms with Crippen LogP contribution in [0.5, 0.6) is 0 Å². The molecule has 0 N–H and O–H groups in total. The number of esters is 1. The monoisotopic (exact) mass is 542 g/mol. The largest absolute Gasteiger partial charge is 0.462 e. The van der Waals surface area contributed by atoms with Crippen molar-refractivity contribution in [2.45, 2.75) is 54.2 Å². The van der Waals surface area contributed by atoms with Crippen molar-refractivity contribution in [3.05, 3.63) is 35.9 Å². The van der Waals surface area contributed by atoms with E-state index in [4.69, 9.17) is 18.6 Å². The average molecular weight is 542 g/mol. The Hall–Kier alpha value is -0.483. The van der Waals surface area contributed by atoms with Crippen LogP contribution in [0.1, 0.15) is 18.4 Å². The highest BCUT2D eigenvalue weighted by molar-refractivity contribution is 14.1. The molecule has 0 spiro atoms.